The fraction of sp³-hybridized carbons (Fsp3) is 0.0455. The van der Waals surface area contributed by atoms with Crippen molar-refractivity contribution in [3.05, 3.63) is 90.1 Å². The van der Waals surface area contributed by atoms with Crippen LogP contribution in [0.2, 0.25) is 0 Å². The second-order valence-electron chi connectivity index (χ2n) is 6.19. The minimum absolute atomic E-state index is 0.179. The van der Waals surface area contributed by atoms with Gasteiger partial charge in [0.1, 0.15) is 0 Å². The van der Waals surface area contributed by atoms with Gasteiger partial charge in [0.2, 0.25) is 5.91 Å². The van der Waals surface area contributed by atoms with Crippen LogP contribution in [0.25, 0.3) is 21.7 Å². The first-order chi connectivity index (χ1) is 13.2. The van der Waals surface area contributed by atoms with Crippen molar-refractivity contribution in [2.75, 3.05) is 0 Å². The zero-order chi connectivity index (χ0) is 18.6. The van der Waals surface area contributed by atoms with Gasteiger partial charge >= 0.3 is 0 Å². The van der Waals surface area contributed by atoms with Gasteiger partial charge in [-0.1, -0.05) is 60.7 Å². The van der Waals surface area contributed by atoms with Crippen molar-refractivity contribution in [3.63, 3.8) is 0 Å². The van der Waals surface area contributed by atoms with Crippen LogP contribution in [-0.2, 0) is 11.2 Å². The number of carbonyl (C=O) groups excluding carboxylic acids is 2. The molecule has 27 heavy (non-hydrogen) atoms. The molecule has 4 rings (SSSR count). The molecule has 5 nitrogen and oxygen atoms in total. The molecule has 0 aliphatic carbocycles. The highest BCUT2D eigenvalue weighted by atomic mass is 16.2. The summed E-state index contributed by atoms with van der Waals surface area (Å²) in [7, 11) is 0. The van der Waals surface area contributed by atoms with Crippen molar-refractivity contribution in [2.45, 2.75) is 6.42 Å². The molecule has 0 unspecified atom stereocenters. The van der Waals surface area contributed by atoms with Crippen LogP contribution in [0.15, 0.2) is 79.0 Å². The van der Waals surface area contributed by atoms with E-state index in [1.807, 2.05) is 66.7 Å². The van der Waals surface area contributed by atoms with E-state index in [1.54, 1.807) is 12.3 Å². The predicted molar refractivity (Wildman–Crippen MR) is 105 cm³/mol. The van der Waals surface area contributed by atoms with E-state index in [0.29, 0.717) is 5.56 Å². The summed E-state index contributed by atoms with van der Waals surface area (Å²) in [5.74, 6) is -0.655. The number of benzene rings is 3. The van der Waals surface area contributed by atoms with Crippen LogP contribution < -0.4 is 10.9 Å². The lowest BCUT2D eigenvalue weighted by Crippen LogP contribution is -2.42. The van der Waals surface area contributed by atoms with Crippen molar-refractivity contribution in [2.24, 2.45) is 0 Å². The fourth-order valence-electron chi connectivity index (χ4n) is 3.15. The number of rotatable bonds is 3. The van der Waals surface area contributed by atoms with Gasteiger partial charge < -0.3 is 0 Å². The van der Waals surface area contributed by atoms with Crippen LogP contribution in [-0.4, -0.2) is 16.8 Å². The summed E-state index contributed by atoms with van der Waals surface area (Å²) in [5, 5.41) is 2.84. The molecule has 0 saturated carbocycles. The molecule has 0 spiro atoms. The Morgan fingerprint density at radius 1 is 0.778 bits per heavy atom. The lowest BCUT2D eigenvalue weighted by Gasteiger charge is -2.10. The maximum atomic E-state index is 12.5. The molecule has 0 saturated heterocycles. The molecule has 0 atom stereocenters. The zero-order valence-electron chi connectivity index (χ0n) is 14.5. The first-order valence-corrected chi connectivity index (χ1v) is 8.62. The third-order valence-electron chi connectivity index (χ3n) is 4.44. The highest BCUT2D eigenvalue weighted by molar-refractivity contribution is 6.06. The summed E-state index contributed by atoms with van der Waals surface area (Å²) in [5.41, 5.74) is 7.10. The molecule has 3 aromatic carbocycles. The van der Waals surface area contributed by atoms with E-state index in [2.05, 4.69) is 15.8 Å². The van der Waals surface area contributed by atoms with Crippen molar-refractivity contribution in [1.82, 2.24) is 15.8 Å². The van der Waals surface area contributed by atoms with Crippen molar-refractivity contribution in [3.8, 4) is 0 Å². The van der Waals surface area contributed by atoms with Gasteiger partial charge in [-0.25, -0.2) is 0 Å². The third kappa shape index (κ3) is 3.48. The maximum Gasteiger partial charge on any atom is 0.270 e. The zero-order valence-corrected chi connectivity index (χ0v) is 14.5. The molecule has 1 aromatic heterocycles. The van der Waals surface area contributed by atoms with E-state index in [9.17, 15) is 9.59 Å². The average Bonchev–Trinajstić information content (AvgIpc) is 2.72. The molecule has 0 aliphatic heterocycles. The summed E-state index contributed by atoms with van der Waals surface area (Å²) < 4.78 is 0. The highest BCUT2D eigenvalue weighted by Gasteiger charge is 2.12. The van der Waals surface area contributed by atoms with Crippen LogP contribution >= 0.6 is 0 Å². The van der Waals surface area contributed by atoms with Gasteiger partial charge in [0.05, 0.1) is 17.5 Å². The second kappa shape index (κ2) is 7.25. The predicted octanol–water partition coefficient (Wildman–Crippen LogP) is 3.39. The quantitative estimate of drug-likeness (QED) is 0.554. The molecule has 0 aliphatic rings. The van der Waals surface area contributed by atoms with Gasteiger partial charge in [-0.3, -0.25) is 25.4 Å². The number of hydrazine groups is 1. The lowest BCUT2D eigenvalue weighted by molar-refractivity contribution is -0.121. The minimum Gasteiger partial charge on any atom is -0.273 e. The molecule has 2 amide bonds. The molecule has 0 bridgehead atoms. The van der Waals surface area contributed by atoms with Crippen molar-refractivity contribution >= 4 is 33.5 Å². The number of hydrogen-bond acceptors (Lipinski definition) is 3. The fourth-order valence-corrected chi connectivity index (χ4v) is 3.15. The number of aromatic nitrogens is 1. The smallest absolute Gasteiger partial charge is 0.270 e. The van der Waals surface area contributed by atoms with Crippen molar-refractivity contribution < 1.29 is 9.59 Å². The van der Waals surface area contributed by atoms with Crippen LogP contribution in [0.4, 0.5) is 0 Å². The summed E-state index contributed by atoms with van der Waals surface area (Å²) in [6, 6.07) is 22.8. The van der Waals surface area contributed by atoms with Crippen LogP contribution in [0.1, 0.15) is 15.9 Å². The van der Waals surface area contributed by atoms with Crippen LogP contribution in [0.5, 0.6) is 0 Å². The molecule has 2 N–H and O–H groups in total. The monoisotopic (exact) mass is 355 g/mol. The number of fused-ring (bicyclic) bond motifs is 2. The number of nitrogens with zero attached hydrogens (tertiary/aromatic N) is 1. The Balaban J connectivity index is 1.46. The minimum atomic E-state index is -0.375. The topological polar surface area (TPSA) is 71.1 Å². The van der Waals surface area contributed by atoms with E-state index in [0.717, 1.165) is 27.2 Å². The molecule has 132 valence electrons. The molecule has 1 heterocycles. The summed E-state index contributed by atoms with van der Waals surface area (Å²) in [6.45, 7) is 0. The van der Waals surface area contributed by atoms with Gasteiger partial charge in [0, 0.05) is 11.6 Å². The van der Waals surface area contributed by atoms with E-state index >= 15 is 0 Å². The van der Waals surface area contributed by atoms with E-state index in [4.69, 9.17) is 0 Å². The van der Waals surface area contributed by atoms with Gasteiger partial charge in [0.25, 0.3) is 5.91 Å². The summed E-state index contributed by atoms with van der Waals surface area (Å²) in [6.07, 6.45) is 1.76. The Hall–Kier alpha value is -3.73. The van der Waals surface area contributed by atoms with Crippen LogP contribution in [0.3, 0.4) is 0 Å². The van der Waals surface area contributed by atoms with E-state index in [1.165, 1.54) is 0 Å². The third-order valence-corrected chi connectivity index (χ3v) is 4.44. The molecule has 5 heteroatoms. The summed E-state index contributed by atoms with van der Waals surface area (Å²) in [4.78, 5) is 29.0. The Kier molecular flexibility index (Phi) is 4.49. The lowest BCUT2D eigenvalue weighted by atomic mass is 10.0. The Labute approximate surface area is 156 Å². The van der Waals surface area contributed by atoms with Gasteiger partial charge in [-0.2, -0.15) is 0 Å². The van der Waals surface area contributed by atoms with Crippen molar-refractivity contribution in [1.29, 1.82) is 0 Å². The Morgan fingerprint density at radius 3 is 2.41 bits per heavy atom. The number of pyridine rings is 1. The number of carbonyl (C=O) groups is 2. The van der Waals surface area contributed by atoms with Gasteiger partial charge in [0.15, 0.2) is 0 Å². The number of amides is 2. The SMILES string of the molecule is O=C(Cc1cccc2ccccc12)NNC(=O)c1ccnc2ccccc12. The first-order valence-electron chi connectivity index (χ1n) is 8.62. The van der Waals surface area contributed by atoms with E-state index < -0.39 is 0 Å². The molecular formula is C22H17N3O2. The average molecular weight is 355 g/mol. The molecule has 0 fully saturated rings. The number of nitrogens with one attached hydrogen (secondary N) is 2. The van der Waals surface area contributed by atoms with Gasteiger partial charge in [-0.15, -0.1) is 0 Å². The number of para-hydroxylation sites is 1. The normalized spacial score (nSPS) is 10.7. The first kappa shape index (κ1) is 16.7. The molecule has 4 aromatic rings. The number of hydrogen-bond donors (Lipinski definition) is 2. The summed E-state index contributed by atoms with van der Waals surface area (Å²) >= 11 is 0. The Morgan fingerprint density at radius 2 is 1.52 bits per heavy atom. The molecular weight excluding hydrogens is 338 g/mol. The van der Waals surface area contributed by atoms with Gasteiger partial charge in [-0.05, 0) is 28.5 Å². The largest absolute Gasteiger partial charge is 0.273 e. The van der Waals surface area contributed by atoms with E-state index in [-0.39, 0.29) is 18.2 Å². The highest BCUT2D eigenvalue weighted by Crippen LogP contribution is 2.19. The molecule has 0 radical (unpaired) electrons. The Bertz CT molecular complexity index is 1140. The van der Waals surface area contributed by atoms with Crippen LogP contribution in [0, 0.1) is 0 Å². The standard InChI is InChI=1S/C22H17N3O2/c26-21(14-16-8-5-7-15-6-1-2-9-17(15)16)24-25-22(27)19-12-13-23-20-11-4-3-10-18(19)20/h1-13H,14H2,(H,24,26)(H,25,27). The second-order valence-corrected chi connectivity index (χ2v) is 6.19. The maximum absolute atomic E-state index is 12.5.